The van der Waals surface area contributed by atoms with Crippen molar-refractivity contribution in [1.82, 2.24) is 4.90 Å². The maximum absolute atomic E-state index is 12.7. The van der Waals surface area contributed by atoms with E-state index >= 15 is 0 Å². The van der Waals surface area contributed by atoms with Gasteiger partial charge in [-0.15, -0.1) is 0 Å². The van der Waals surface area contributed by atoms with Gasteiger partial charge in [0.25, 0.3) is 11.1 Å². The van der Waals surface area contributed by atoms with Crippen LogP contribution in [0.4, 0.5) is 4.79 Å². The summed E-state index contributed by atoms with van der Waals surface area (Å²) in [4.78, 5) is 26.7. The Balaban J connectivity index is 1.53. The summed E-state index contributed by atoms with van der Waals surface area (Å²) in [5.74, 6) is -0.290. The van der Waals surface area contributed by atoms with Gasteiger partial charge < -0.3 is 0 Å². The molecule has 3 aromatic rings. The van der Waals surface area contributed by atoms with Crippen molar-refractivity contribution in [3.8, 4) is 11.1 Å². The minimum Gasteiger partial charge on any atom is -0.268 e. The second-order valence-electron chi connectivity index (χ2n) is 6.35. The van der Waals surface area contributed by atoms with Crippen molar-refractivity contribution in [3.05, 3.63) is 99.9 Å². The van der Waals surface area contributed by atoms with E-state index in [-0.39, 0.29) is 17.7 Å². The largest absolute Gasteiger partial charge is 0.293 e. The van der Waals surface area contributed by atoms with Crippen molar-refractivity contribution in [3.63, 3.8) is 0 Å². The van der Waals surface area contributed by atoms with Gasteiger partial charge in [-0.3, -0.25) is 14.5 Å². The molecule has 1 aliphatic heterocycles. The lowest BCUT2D eigenvalue weighted by molar-refractivity contribution is -0.123. The predicted octanol–water partition coefficient (Wildman–Crippen LogP) is 6.24. The third kappa shape index (κ3) is 3.88. The number of hydrogen-bond acceptors (Lipinski definition) is 3. The molecular weight excluding hydrogens is 390 g/mol. The Hall–Kier alpha value is -2.82. The minimum atomic E-state index is -0.290. The van der Waals surface area contributed by atoms with E-state index in [1.54, 1.807) is 12.1 Å². The Morgan fingerprint density at radius 3 is 2.18 bits per heavy atom. The summed E-state index contributed by atoms with van der Waals surface area (Å²) >= 11 is 7.12. The highest BCUT2D eigenvalue weighted by Crippen LogP contribution is 2.34. The molecule has 0 spiro atoms. The normalized spacial score (nSPS) is 15.5. The van der Waals surface area contributed by atoms with Crippen molar-refractivity contribution < 1.29 is 9.59 Å². The van der Waals surface area contributed by atoms with Gasteiger partial charge in [-0.25, -0.2) is 0 Å². The highest BCUT2D eigenvalue weighted by Gasteiger charge is 2.35. The van der Waals surface area contributed by atoms with E-state index in [1.807, 2.05) is 60.7 Å². The van der Waals surface area contributed by atoms with Crippen molar-refractivity contribution in [2.45, 2.75) is 6.54 Å². The molecule has 1 heterocycles. The van der Waals surface area contributed by atoms with Crippen LogP contribution in [0.2, 0.25) is 5.02 Å². The number of carbonyl (C=O) groups excluding carboxylic acids is 2. The SMILES string of the molecule is O=C1S/C(=C\c2ccc(-c3ccccc3)cc2)C(=O)N1Cc1ccccc1Cl. The molecule has 0 aliphatic carbocycles. The summed E-state index contributed by atoms with van der Waals surface area (Å²) < 4.78 is 0. The van der Waals surface area contributed by atoms with Crippen LogP contribution in [0.15, 0.2) is 83.8 Å². The second kappa shape index (κ2) is 8.05. The van der Waals surface area contributed by atoms with Crippen molar-refractivity contribution in [2.75, 3.05) is 0 Å². The van der Waals surface area contributed by atoms with E-state index in [9.17, 15) is 9.59 Å². The average Bonchev–Trinajstić information content (AvgIpc) is 2.98. The summed E-state index contributed by atoms with van der Waals surface area (Å²) in [7, 11) is 0. The first kappa shape index (κ1) is 18.5. The monoisotopic (exact) mass is 405 g/mol. The maximum atomic E-state index is 12.7. The molecule has 138 valence electrons. The van der Waals surface area contributed by atoms with Crippen LogP contribution in [-0.2, 0) is 11.3 Å². The van der Waals surface area contributed by atoms with Gasteiger partial charge >= 0.3 is 0 Å². The topological polar surface area (TPSA) is 37.4 Å². The zero-order chi connectivity index (χ0) is 19.5. The van der Waals surface area contributed by atoms with Crippen molar-refractivity contribution in [1.29, 1.82) is 0 Å². The Bertz CT molecular complexity index is 1060. The summed E-state index contributed by atoms with van der Waals surface area (Å²) in [5.41, 5.74) is 3.86. The molecule has 0 atom stereocenters. The van der Waals surface area contributed by atoms with Gasteiger partial charge in [-0.05, 0) is 46.2 Å². The standard InChI is InChI=1S/C23H16ClNO2S/c24-20-9-5-4-8-19(20)15-25-22(26)21(28-23(25)27)14-16-10-12-18(13-11-16)17-6-2-1-3-7-17/h1-14H,15H2/b21-14-. The Morgan fingerprint density at radius 1 is 0.821 bits per heavy atom. The maximum Gasteiger partial charge on any atom is 0.293 e. The van der Waals surface area contributed by atoms with Crippen LogP contribution >= 0.6 is 23.4 Å². The summed E-state index contributed by atoms with van der Waals surface area (Å²) in [6.45, 7) is 0.175. The molecular formula is C23H16ClNO2S. The number of rotatable bonds is 4. The molecule has 0 bridgehead atoms. The molecule has 1 saturated heterocycles. The van der Waals surface area contributed by atoms with Gasteiger partial charge in [-0.1, -0.05) is 84.4 Å². The first-order valence-electron chi connectivity index (χ1n) is 8.76. The Morgan fingerprint density at radius 2 is 1.46 bits per heavy atom. The van der Waals surface area contributed by atoms with Crippen LogP contribution in [0, 0.1) is 0 Å². The van der Waals surface area contributed by atoms with Gasteiger partial charge in [-0.2, -0.15) is 0 Å². The Labute approximate surface area is 172 Å². The minimum absolute atomic E-state index is 0.175. The molecule has 1 aliphatic rings. The van der Waals surface area contributed by atoms with E-state index in [0.717, 1.165) is 34.0 Å². The van der Waals surface area contributed by atoms with Gasteiger partial charge in [0, 0.05) is 5.02 Å². The van der Waals surface area contributed by atoms with Crippen molar-refractivity contribution in [2.24, 2.45) is 0 Å². The fourth-order valence-corrected chi connectivity index (χ4v) is 4.02. The van der Waals surface area contributed by atoms with Crippen molar-refractivity contribution >= 4 is 40.6 Å². The zero-order valence-electron chi connectivity index (χ0n) is 14.8. The quantitative estimate of drug-likeness (QED) is 0.482. The molecule has 28 heavy (non-hydrogen) atoms. The summed E-state index contributed by atoms with van der Waals surface area (Å²) in [6, 6.07) is 25.2. The lowest BCUT2D eigenvalue weighted by Gasteiger charge is -2.13. The number of halogens is 1. The number of benzene rings is 3. The predicted molar refractivity (Wildman–Crippen MR) is 115 cm³/mol. The van der Waals surface area contributed by atoms with Crippen LogP contribution in [0.5, 0.6) is 0 Å². The van der Waals surface area contributed by atoms with Crippen LogP contribution in [0.3, 0.4) is 0 Å². The number of carbonyl (C=O) groups is 2. The summed E-state index contributed by atoms with van der Waals surface area (Å²) in [5, 5.41) is 0.263. The molecule has 3 aromatic carbocycles. The van der Waals surface area contributed by atoms with Crippen LogP contribution < -0.4 is 0 Å². The highest BCUT2D eigenvalue weighted by atomic mass is 35.5. The number of hydrogen-bond donors (Lipinski definition) is 0. The lowest BCUT2D eigenvalue weighted by Crippen LogP contribution is -2.27. The van der Waals surface area contributed by atoms with Gasteiger partial charge in [0.2, 0.25) is 0 Å². The Kier molecular flexibility index (Phi) is 5.33. The first-order chi connectivity index (χ1) is 13.6. The summed E-state index contributed by atoms with van der Waals surface area (Å²) in [6.07, 6.45) is 1.76. The first-order valence-corrected chi connectivity index (χ1v) is 9.95. The molecule has 0 N–H and O–H groups in total. The highest BCUT2D eigenvalue weighted by molar-refractivity contribution is 8.18. The molecule has 0 unspecified atom stereocenters. The third-order valence-corrected chi connectivity index (χ3v) is 5.75. The second-order valence-corrected chi connectivity index (χ2v) is 7.75. The fraction of sp³-hybridized carbons (Fsp3) is 0.0435. The van der Waals surface area contributed by atoms with E-state index in [4.69, 9.17) is 11.6 Å². The molecule has 2 amide bonds. The average molecular weight is 406 g/mol. The van der Waals surface area contributed by atoms with E-state index < -0.39 is 0 Å². The van der Waals surface area contributed by atoms with Gasteiger partial charge in [0.05, 0.1) is 11.4 Å². The van der Waals surface area contributed by atoms with E-state index in [2.05, 4.69) is 12.1 Å². The van der Waals surface area contributed by atoms with E-state index in [1.165, 1.54) is 4.90 Å². The molecule has 3 nitrogen and oxygen atoms in total. The van der Waals surface area contributed by atoms with Crippen LogP contribution in [0.1, 0.15) is 11.1 Å². The molecule has 0 saturated carbocycles. The number of amides is 2. The third-order valence-electron chi connectivity index (χ3n) is 4.48. The zero-order valence-corrected chi connectivity index (χ0v) is 16.4. The lowest BCUT2D eigenvalue weighted by atomic mass is 10.0. The molecule has 5 heteroatoms. The van der Waals surface area contributed by atoms with Crippen LogP contribution in [-0.4, -0.2) is 16.0 Å². The number of nitrogens with zero attached hydrogens (tertiary/aromatic N) is 1. The molecule has 1 fully saturated rings. The smallest absolute Gasteiger partial charge is 0.268 e. The van der Waals surface area contributed by atoms with Crippen LogP contribution in [0.25, 0.3) is 17.2 Å². The van der Waals surface area contributed by atoms with Gasteiger partial charge in [0.15, 0.2) is 0 Å². The van der Waals surface area contributed by atoms with E-state index in [0.29, 0.717) is 9.93 Å². The number of imide groups is 1. The molecule has 4 rings (SSSR count). The fourth-order valence-electron chi connectivity index (χ4n) is 2.99. The number of thioether (sulfide) groups is 1. The van der Waals surface area contributed by atoms with Gasteiger partial charge in [0.1, 0.15) is 0 Å². The molecule has 0 radical (unpaired) electrons. The molecule has 0 aromatic heterocycles.